The molecule has 16 heavy (non-hydrogen) atoms. The molecule has 0 amide bonds. The second kappa shape index (κ2) is 4.65. The molecular formula is C11H13BrN4. The third kappa shape index (κ3) is 2.41. The maximum absolute atomic E-state index is 4.29. The predicted octanol–water partition coefficient (Wildman–Crippen LogP) is 2.50. The lowest BCUT2D eigenvalue weighted by Gasteiger charge is -2.07. The molecule has 4 nitrogen and oxygen atoms in total. The number of rotatable bonds is 3. The fourth-order valence-electron chi connectivity index (χ4n) is 1.40. The van der Waals surface area contributed by atoms with E-state index in [1.165, 1.54) is 5.56 Å². The van der Waals surface area contributed by atoms with E-state index in [0.717, 1.165) is 16.0 Å². The molecule has 0 spiro atoms. The van der Waals surface area contributed by atoms with E-state index in [1.807, 2.05) is 32.3 Å². The quantitative estimate of drug-likeness (QED) is 0.940. The third-order valence-corrected chi connectivity index (χ3v) is 3.29. The molecule has 0 radical (unpaired) electrons. The van der Waals surface area contributed by atoms with Crippen LogP contribution in [0.3, 0.4) is 0 Å². The van der Waals surface area contributed by atoms with Crippen molar-refractivity contribution in [2.24, 2.45) is 7.05 Å². The van der Waals surface area contributed by atoms with Crippen molar-refractivity contribution in [1.82, 2.24) is 14.8 Å². The highest BCUT2D eigenvalue weighted by Crippen LogP contribution is 2.23. The molecule has 1 N–H and O–H groups in total. The molecule has 2 aromatic heterocycles. The second-order valence-electron chi connectivity index (χ2n) is 3.62. The summed E-state index contributed by atoms with van der Waals surface area (Å²) in [5, 5.41) is 7.54. The van der Waals surface area contributed by atoms with E-state index < -0.39 is 0 Å². The maximum Gasteiger partial charge on any atom is 0.140 e. The lowest BCUT2D eigenvalue weighted by Crippen LogP contribution is -2.03. The summed E-state index contributed by atoms with van der Waals surface area (Å²) in [5.74, 6) is 0.852. The van der Waals surface area contributed by atoms with Crippen LogP contribution in [0.25, 0.3) is 0 Å². The minimum Gasteiger partial charge on any atom is -0.363 e. The fraction of sp³-hybridized carbons (Fsp3) is 0.273. The Morgan fingerprint density at radius 3 is 2.94 bits per heavy atom. The Hall–Kier alpha value is -1.36. The van der Waals surface area contributed by atoms with E-state index >= 15 is 0 Å². The summed E-state index contributed by atoms with van der Waals surface area (Å²) in [7, 11) is 1.91. The third-order valence-electron chi connectivity index (χ3n) is 2.29. The van der Waals surface area contributed by atoms with E-state index in [0.29, 0.717) is 6.54 Å². The first kappa shape index (κ1) is 11.1. The highest BCUT2D eigenvalue weighted by molar-refractivity contribution is 9.10. The van der Waals surface area contributed by atoms with Gasteiger partial charge in [-0.2, -0.15) is 5.10 Å². The van der Waals surface area contributed by atoms with Gasteiger partial charge in [0.1, 0.15) is 5.82 Å². The van der Waals surface area contributed by atoms with Gasteiger partial charge in [0.25, 0.3) is 0 Å². The van der Waals surface area contributed by atoms with Crippen LogP contribution in [0.2, 0.25) is 0 Å². The lowest BCUT2D eigenvalue weighted by atomic mass is 10.3. The van der Waals surface area contributed by atoms with Crippen LogP contribution in [-0.4, -0.2) is 14.8 Å². The van der Waals surface area contributed by atoms with Crippen LogP contribution in [0, 0.1) is 6.92 Å². The summed E-state index contributed by atoms with van der Waals surface area (Å²) in [6, 6.07) is 3.95. The van der Waals surface area contributed by atoms with E-state index in [2.05, 4.69) is 31.3 Å². The van der Waals surface area contributed by atoms with Gasteiger partial charge in [0, 0.05) is 19.4 Å². The van der Waals surface area contributed by atoms with Crippen molar-refractivity contribution in [2.75, 3.05) is 5.32 Å². The average Bonchev–Trinajstić information content (AvgIpc) is 2.67. The number of halogens is 1. The number of aromatic nitrogens is 3. The minimum atomic E-state index is 0.676. The van der Waals surface area contributed by atoms with Crippen molar-refractivity contribution < 1.29 is 0 Å². The largest absolute Gasteiger partial charge is 0.363 e. The normalized spacial score (nSPS) is 10.4. The van der Waals surface area contributed by atoms with Crippen LogP contribution >= 0.6 is 15.9 Å². The zero-order valence-electron chi connectivity index (χ0n) is 9.24. The fourth-order valence-corrected chi connectivity index (χ4v) is 1.77. The number of aryl methyl sites for hydroxylation is 2. The first-order valence-electron chi connectivity index (χ1n) is 5.00. The zero-order valence-corrected chi connectivity index (χ0v) is 10.8. The zero-order chi connectivity index (χ0) is 11.5. The summed E-state index contributed by atoms with van der Waals surface area (Å²) in [5.41, 5.74) is 2.16. The van der Waals surface area contributed by atoms with Gasteiger partial charge in [-0.1, -0.05) is 0 Å². The van der Waals surface area contributed by atoms with Crippen molar-refractivity contribution in [3.8, 4) is 0 Å². The van der Waals surface area contributed by atoms with Crippen LogP contribution in [-0.2, 0) is 13.6 Å². The smallest absolute Gasteiger partial charge is 0.140 e. The lowest BCUT2D eigenvalue weighted by molar-refractivity contribution is 0.747. The van der Waals surface area contributed by atoms with Crippen LogP contribution in [0.1, 0.15) is 11.3 Å². The van der Waals surface area contributed by atoms with Crippen molar-refractivity contribution in [3.63, 3.8) is 0 Å². The highest BCUT2D eigenvalue weighted by Gasteiger charge is 2.04. The Kier molecular flexibility index (Phi) is 3.24. The predicted molar refractivity (Wildman–Crippen MR) is 67.2 cm³/mol. The number of hydrogen-bond acceptors (Lipinski definition) is 3. The van der Waals surface area contributed by atoms with Gasteiger partial charge in [-0.05, 0) is 40.5 Å². The monoisotopic (exact) mass is 280 g/mol. The second-order valence-corrected chi connectivity index (χ2v) is 4.42. The van der Waals surface area contributed by atoms with Gasteiger partial charge in [0.2, 0.25) is 0 Å². The highest BCUT2D eigenvalue weighted by atomic mass is 79.9. The molecule has 0 aromatic carbocycles. The molecule has 0 atom stereocenters. The summed E-state index contributed by atoms with van der Waals surface area (Å²) in [4.78, 5) is 4.27. The Balaban J connectivity index is 2.07. The van der Waals surface area contributed by atoms with Crippen molar-refractivity contribution in [2.45, 2.75) is 13.5 Å². The van der Waals surface area contributed by atoms with Crippen LogP contribution in [0.5, 0.6) is 0 Å². The van der Waals surface area contributed by atoms with Crippen molar-refractivity contribution in [1.29, 1.82) is 0 Å². The Labute approximate surface area is 103 Å². The summed E-state index contributed by atoms with van der Waals surface area (Å²) in [6.45, 7) is 2.72. The van der Waals surface area contributed by atoms with E-state index in [9.17, 15) is 0 Å². The molecule has 5 heteroatoms. The molecular weight excluding hydrogens is 268 g/mol. The van der Waals surface area contributed by atoms with Crippen LogP contribution in [0.4, 0.5) is 5.82 Å². The van der Waals surface area contributed by atoms with Crippen LogP contribution < -0.4 is 5.32 Å². The van der Waals surface area contributed by atoms with E-state index in [-0.39, 0.29) is 0 Å². The van der Waals surface area contributed by atoms with Crippen molar-refractivity contribution >= 4 is 21.7 Å². The van der Waals surface area contributed by atoms with Gasteiger partial charge in [-0.15, -0.1) is 0 Å². The number of anilines is 1. The van der Waals surface area contributed by atoms with Gasteiger partial charge in [-0.3, -0.25) is 4.68 Å². The standard InChI is InChI=1S/C11H13BrN4/c1-8-3-5-13-11(10(8)12)14-7-9-4-6-16(2)15-9/h3-6H,7H2,1-2H3,(H,13,14). The van der Waals surface area contributed by atoms with E-state index in [4.69, 9.17) is 0 Å². The average molecular weight is 281 g/mol. The molecule has 0 fully saturated rings. The summed E-state index contributed by atoms with van der Waals surface area (Å²) < 4.78 is 2.79. The van der Waals surface area contributed by atoms with Gasteiger partial charge in [0.15, 0.2) is 0 Å². The molecule has 2 heterocycles. The van der Waals surface area contributed by atoms with Crippen LogP contribution in [0.15, 0.2) is 29.0 Å². The van der Waals surface area contributed by atoms with E-state index in [1.54, 1.807) is 10.9 Å². The maximum atomic E-state index is 4.29. The first-order chi connectivity index (χ1) is 7.66. The molecule has 0 aliphatic heterocycles. The Bertz CT molecular complexity index is 492. The molecule has 0 saturated heterocycles. The molecule has 2 aromatic rings. The van der Waals surface area contributed by atoms with Gasteiger partial charge < -0.3 is 5.32 Å². The SMILES string of the molecule is Cc1ccnc(NCc2ccn(C)n2)c1Br. The minimum absolute atomic E-state index is 0.676. The van der Waals surface area contributed by atoms with Gasteiger partial charge in [0.05, 0.1) is 16.7 Å². The van der Waals surface area contributed by atoms with Gasteiger partial charge >= 0.3 is 0 Å². The molecule has 2 rings (SSSR count). The molecule has 0 aliphatic rings. The summed E-state index contributed by atoms with van der Waals surface area (Å²) >= 11 is 3.51. The number of hydrogen-bond donors (Lipinski definition) is 1. The number of pyridine rings is 1. The number of nitrogens with zero attached hydrogens (tertiary/aromatic N) is 3. The Morgan fingerprint density at radius 1 is 1.44 bits per heavy atom. The molecule has 0 bridgehead atoms. The first-order valence-corrected chi connectivity index (χ1v) is 5.79. The van der Waals surface area contributed by atoms with Gasteiger partial charge in [-0.25, -0.2) is 4.98 Å². The molecule has 0 aliphatic carbocycles. The topological polar surface area (TPSA) is 42.7 Å². The number of nitrogens with one attached hydrogen (secondary N) is 1. The summed E-state index contributed by atoms with van der Waals surface area (Å²) in [6.07, 6.45) is 3.72. The molecule has 0 saturated carbocycles. The van der Waals surface area contributed by atoms with Crippen molar-refractivity contribution in [3.05, 3.63) is 40.3 Å². The molecule has 84 valence electrons. The molecule has 0 unspecified atom stereocenters. The Morgan fingerprint density at radius 2 is 2.25 bits per heavy atom.